The molecule has 9 heteroatoms. The van der Waals surface area contributed by atoms with E-state index in [0.717, 1.165) is 16.5 Å². The molecule has 0 bridgehead atoms. The number of fused-ring (bicyclic) bond motifs is 1. The number of aromatic nitrogens is 4. The molecule has 0 aliphatic rings. The van der Waals surface area contributed by atoms with Crippen molar-refractivity contribution in [2.45, 2.75) is 39.3 Å². The van der Waals surface area contributed by atoms with E-state index >= 15 is 0 Å². The van der Waals surface area contributed by atoms with Crippen LogP contribution in [0, 0.1) is 0 Å². The predicted molar refractivity (Wildman–Crippen MR) is 116 cm³/mol. The van der Waals surface area contributed by atoms with Crippen LogP contribution in [0.25, 0.3) is 33.7 Å². The summed E-state index contributed by atoms with van der Waals surface area (Å²) in [5, 5.41) is 18.7. The smallest absolute Gasteiger partial charge is 0.303 e. The first-order chi connectivity index (χ1) is 14.9. The molecule has 0 saturated heterocycles. The highest BCUT2D eigenvalue weighted by molar-refractivity contribution is 6.32. The van der Waals surface area contributed by atoms with Crippen LogP contribution in [0.15, 0.2) is 47.1 Å². The fraction of sp³-hybridized carbons (Fsp3) is 0.273. The number of hydrogen-bond donors (Lipinski definition) is 1. The summed E-state index contributed by atoms with van der Waals surface area (Å²) in [6.07, 6.45) is 2.35. The fourth-order valence-electron chi connectivity index (χ4n) is 3.29. The number of halogens is 1. The Kier molecular flexibility index (Phi) is 5.90. The van der Waals surface area contributed by atoms with Gasteiger partial charge in [-0.3, -0.25) is 9.48 Å². The third-order valence-corrected chi connectivity index (χ3v) is 4.95. The van der Waals surface area contributed by atoms with Crippen LogP contribution in [0.5, 0.6) is 5.75 Å². The molecule has 0 unspecified atom stereocenters. The zero-order chi connectivity index (χ0) is 22.0. The maximum atomic E-state index is 10.8. The SMILES string of the molecule is CC(C)Oc1ccc(-c2nc(-c3cccc4c3cnn4CCCC(=O)O)no2)cc1Cl. The second-order valence-corrected chi connectivity index (χ2v) is 7.75. The second kappa shape index (κ2) is 8.77. The topological polar surface area (TPSA) is 103 Å². The van der Waals surface area contributed by atoms with Gasteiger partial charge in [-0.25, -0.2) is 0 Å². The number of carboxylic acid groups (broad SMARTS) is 1. The summed E-state index contributed by atoms with van der Waals surface area (Å²) in [6, 6.07) is 11.1. The Labute approximate surface area is 183 Å². The number of nitrogens with zero attached hydrogens (tertiary/aromatic N) is 4. The Morgan fingerprint density at radius 2 is 2.13 bits per heavy atom. The number of ether oxygens (including phenoxy) is 1. The first kappa shape index (κ1) is 20.9. The Balaban J connectivity index is 1.61. The number of aryl methyl sites for hydroxylation is 1. The monoisotopic (exact) mass is 440 g/mol. The minimum Gasteiger partial charge on any atom is -0.489 e. The molecule has 0 spiro atoms. The van der Waals surface area contributed by atoms with Gasteiger partial charge in [0.2, 0.25) is 5.82 Å². The van der Waals surface area contributed by atoms with Gasteiger partial charge in [0.15, 0.2) is 0 Å². The molecule has 0 amide bonds. The first-order valence-electron chi connectivity index (χ1n) is 9.89. The molecule has 2 aromatic heterocycles. The van der Waals surface area contributed by atoms with Crippen LogP contribution in [0.3, 0.4) is 0 Å². The average molecular weight is 441 g/mol. The summed E-state index contributed by atoms with van der Waals surface area (Å²) < 4.78 is 12.9. The Hall–Kier alpha value is -3.39. The van der Waals surface area contributed by atoms with Crippen LogP contribution < -0.4 is 4.74 Å². The number of carbonyl (C=O) groups is 1. The van der Waals surface area contributed by atoms with Crippen LogP contribution >= 0.6 is 11.6 Å². The van der Waals surface area contributed by atoms with Crippen LogP contribution in [0.1, 0.15) is 26.7 Å². The third kappa shape index (κ3) is 4.54. The van der Waals surface area contributed by atoms with Crippen molar-refractivity contribution in [3.8, 4) is 28.6 Å². The lowest BCUT2D eigenvalue weighted by Crippen LogP contribution is -2.05. The van der Waals surface area contributed by atoms with Gasteiger partial charge in [-0.1, -0.05) is 28.9 Å². The lowest BCUT2D eigenvalue weighted by atomic mass is 10.1. The molecule has 1 N–H and O–H groups in total. The standard InChI is InChI=1S/C22H21ClN4O4/c1-13(2)30-19-9-8-14(11-17(19)23)22-25-21(26-31-22)15-5-3-6-18-16(15)12-24-27(18)10-4-7-20(28)29/h3,5-6,8-9,11-13H,4,7,10H2,1-2H3,(H,28,29). The Morgan fingerprint density at radius 1 is 1.29 bits per heavy atom. The van der Waals surface area contributed by atoms with Gasteiger partial charge < -0.3 is 14.4 Å². The number of benzene rings is 2. The van der Waals surface area contributed by atoms with Crippen molar-refractivity contribution in [3.63, 3.8) is 0 Å². The molecule has 160 valence electrons. The molecule has 0 aliphatic carbocycles. The van der Waals surface area contributed by atoms with Crippen molar-refractivity contribution in [1.82, 2.24) is 19.9 Å². The van der Waals surface area contributed by atoms with Gasteiger partial charge >= 0.3 is 5.97 Å². The lowest BCUT2D eigenvalue weighted by Gasteiger charge is -2.11. The molecule has 0 atom stereocenters. The van der Waals surface area contributed by atoms with Crippen LogP contribution in [0.2, 0.25) is 5.02 Å². The minimum atomic E-state index is -0.819. The van der Waals surface area contributed by atoms with E-state index in [1.165, 1.54) is 0 Å². The van der Waals surface area contributed by atoms with Crippen LogP contribution in [-0.4, -0.2) is 37.1 Å². The van der Waals surface area contributed by atoms with E-state index in [9.17, 15) is 4.79 Å². The van der Waals surface area contributed by atoms with E-state index in [1.54, 1.807) is 23.0 Å². The maximum absolute atomic E-state index is 10.8. The van der Waals surface area contributed by atoms with Crippen molar-refractivity contribution in [1.29, 1.82) is 0 Å². The quantitative estimate of drug-likeness (QED) is 0.408. The molecule has 4 rings (SSSR count). The van der Waals surface area contributed by atoms with Crippen LogP contribution in [0.4, 0.5) is 0 Å². The van der Waals surface area contributed by atoms with Crippen molar-refractivity contribution in [2.24, 2.45) is 0 Å². The number of aliphatic carboxylic acids is 1. The van der Waals surface area contributed by atoms with Crippen molar-refractivity contribution < 1.29 is 19.2 Å². The normalized spacial score (nSPS) is 11.4. The molecule has 4 aromatic rings. The van der Waals surface area contributed by atoms with E-state index in [0.29, 0.717) is 41.0 Å². The molecular formula is C22H21ClN4O4. The molecule has 0 aliphatic heterocycles. The average Bonchev–Trinajstić information content (AvgIpc) is 3.36. The largest absolute Gasteiger partial charge is 0.489 e. The number of rotatable bonds is 8. The molecule has 8 nitrogen and oxygen atoms in total. The van der Waals surface area contributed by atoms with Gasteiger partial charge in [-0.15, -0.1) is 0 Å². The third-order valence-electron chi connectivity index (χ3n) is 4.66. The van der Waals surface area contributed by atoms with E-state index in [1.807, 2.05) is 38.1 Å². The van der Waals surface area contributed by atoms with Gasteiger partial charge in [0.25, 0.3) is 5.89 Å². The first-order valence-corrected chi connectivity index (χ1v) is 10.3. The highest BCUT2D eigenvalue weighted by Crippen LogP contribution is 2.32. The molecule has 0 fully saturated rings. The molecule has 31 heavy (non-hydrogen) atoms. The van der Waals surface area contributed by atoms with Crippen LogP contribution in [-0.2, 0) is 11.3 Å². The second-order valence-electron chi connectivity index (χ2n) is 7.34. The predicted octanol–water partition coefficient (Wildman–Crippen LogP) is 5.06. The summed E-state index contributed by atoms with van der Waals surface area (Å²) in [5.74, 6) is 0.559. The maximum Gasteiger partial charge on any atom is 0.303 e. The molecule has 0 saturated carbocycles. The summed E-state index contributed by atoms with van der Waals surface area (Å²) >= 11 is 6.33. The van der Waals surface area contributed by atoms with Crippen molar-refractivity contribution >= 4 is 28.5 Å². The zero-order valence-corrected chi connectivity index (χ0v) is 17.8. The van der Waals surface area contributed by atoms with Gasteiger partial charge in [0, 0.05) is 29.5 Å². The van der Waals surface area contributed by atoms with E-state index in [-0.39, 0.29) is 12.5 Å². The van der Waals surface area contributed by atoms with E-state index in [4.69, 9.17) is 26.0 Å². The minimum absolute atomic E-state index is 0.0175. The Morgan fingerprint density at radius 3 is 2.87 bits per heavy atom. The van der Waals surface area contributed by atoms with Gasteiger partial charge in [-0.2, -0.15) is 10.1 Å². The fourth-order valence-corrected chi connectivity index (χ4v) is 3.52. The summed E-state index contributed by atoms with van der Waals surface area (Å²) in [5.41, 5.74) is 2.35. The summed E-state index contributed by atoms with van der Waals surface area (Å²) in [4.78, 5) is 15.3. The van der Waals surface area contributed by atoms with E-state index in [2.05, 4.69) is 15.2 Å². The van der Waals surface area contributed by atoms with E-state index < -0.39 is 5.97 Å². The Bertz CT molecular complexity index is 1230. The molecule has 2 aromatic carbocycles. The highest BCUT2D eigenvalue weighted by Gasteiger charge is 2.16. The van der Waals surface area contributed by atoms with Gasteiger partial charge in [0.1, 0.15) is 5.75 Å². The molecular weight excluding hydrogens is 420 g/mol. The number of carboxylic acids is 1. The van der Waals surface area contributed by atoms with Gasteiger partial charge in [-0.05, 0) is 44.5 Å². The van der Waals surface area contributed by atoms with Crippen molar-refractivity contribution in [2.75, 3.05) is 0 Å². The lowest BCUT2D eigenvalue weighted by molar-refractivity contribution is -0.137. The van der Waals surface area contributed by atoms with Crippen molar-refractivity contribution in [3.05, 3.63) is 47.6 Å². The zero-order valence-electron chi connectivity index (χ0n) is 17.1. The highest BCUT2D eigenvalue weighted by atomic mass is 35.5. The molecule has 0 radical (unpaired) electrons. The van der Waals surface area contributed by atoms with Gasteiger partial charge in [0.05, 0.1) is 22.8 Å². The summed E-state index contributed by atoms with van der Waals surface area (Å²) in [6.45, 7) is 4.38. The number of hydrogen-bond acceptors (Lipinski definition) is 6. The molecule has 2 heterocycles. The summed E-state index contributed by atoms with van der Waals surface area (Å²) in [7, 11) is 0.